The molecule has 5 aliphatic rings. The Morgan fingerprint density at radius 2 is 2.00 bits per heavy atom. The van der Waals surface area contributed by atoms with Crippen LogP contribution in [0.2, 0.25) is 0 Å². The summed E-state index contributed by atoms with van der Waals surface area (Å²) >= 11 is -1.68. The lowest BCUT2D eigenvalue weighted by atomic mass is 9.79. The van der Waals surface area contributed by atoms with Crippen molar-refractivity contribution in [2.24, 2.45) is 34.0 Å². The summed E-state index contributed by atoms with van der Waals surface area (Å²) in [4.78, 5) is 13.6. The van der Waals surface area contributed by atoms with Gasteiger partial charge in [0.15, 0.2) is 0 Å². The number of ether oxygens (including phenoxy) is 1. The van der Waals surface area contributed by atoms with Crippen molar-refractivity contribution in [3.8, 4) is 5.88 Å². The summed E-state index contributed by atoms with van der Waals surface area (Å²) in [5.74, 6) is 4.37. The maximum atomic E-state index is 13.6. The lowest BCUT2D eigenvalue weighted by Gasteiger charge is -2.30. The Balaban J connectivity index is 1.18. The summed E-state index contributed by atoms with van der Waals surface area (Å²) in [7, 11) is 0. The summed E-state index contributed by atoms with van der Waals surface area (Å²) in [5.41, 5.74) is 3.11. The number of aromatic nitrogens is 2. The molecule has 10 heteroatoms. The first kappa shape index (κ1) is 23.5. The van der Waals surface area contributed by atoms with Crippen LogP contribution in [0.25, 0.3) is 0 Å². The van der Waals surface area contributed by atoms with Crippen LogP contribution in [0.1, 0.15) is 87.4 Å². The van der Waals surface area contributed by atoms with E-state index in [-0.39, 0.29) is 11.9 Å². The van der Waals surface area contributed by atoms with E-state index in [2.05, 4.69) is 20.3 Å². The number of hydrogen-bond donors (Lipinski definition) is 2. The van der Waals surface area contributed by atoms with Crippen molar-refractivity contribution >= 4 is 23.0 Å². The SMILES string of the molecule is O=C(NC1C2CC3CCCC1C(C3)C2)c1cnn(CCC2=NS(=O)ON2)c1OCC1CCCCC1. The second-order valence-corrected chi connectivity index (χ2v) is 12.1. The third-order valence-corrected chi connectivity index (χ3v) is 9.69. The van der Waals surface area contributed by atoms with Crippen molar-refractivity contribution in [2.75, 3.05) is 6.61 Å². The number of amidine groups is 1. The van der Waals surface area contributed by atoms with Gasteiger partial charge in [0.05, 0.1) is 19.3 Å². The molecule has 0 aromatic carbocycles. The molecule has 1 aromatic rings. The van der Waals surface area contributed by atoms with Crippen molar-refractivity contribution in [1.29, 1.82) is 0 Å². The Morgan fingerprint density at radius 3 is 2.83 bits per heavy atom. The topological polar surface area (TPSA) is 107 Å². The zero-order valence-corrected chi connectivity index (χ0v) is 21.1. The van der Waals surface area contributed by atoms with Gasteiger partial charge in [-0.2, -0.15) is 9.38 Å². The van der Waals surface area contributed by atoms with Gasteiger partial charge in [-0.3, -0.25) is 4.79 Å². The molecule has 35 heavy (non-hydrogen) atoms. The van der Waals surface area contributed by atoms with Gasteiger partial charge in [-0.1, -0.05) is 32.1 Å². The molecule has 1 amide bonds. The van der Waals surface area contributed by atoms with Crippen LogP contribution >= 0.6 is 0 Å². The van der Waals surface area contributed by atoms with Crippen LogP contribution in [0.15, 0.2) is 10.6 Å². The number of hydroxylamine groups is 1. The molecular formula is C25H37N5O4S. The fourth-order valence-electron chi connectivity index (χ4n) is 7.48. The van der Waals surface area contributed by atoms with Gasteiger partial charge >= 0.3 is 11.3 Å². The van der Waals surface area contributed by atoms with Crippen LogP contribution in [-0.4, -0.2) is 38.4 Å². The molecule has 9 nitrogen and oxygen atoms in total. The number of hydrogen-bond acceptors (Lipinski definition) is 6. The molecule has 0 saturated heterocycles. The van der Waals surface area contributed by atoms with E-state index in [9.17, 15) is 9.00 Å². The van der Waals surface area contributed by atoms with Crippen molar-refractivity contribution in [1.82, 2.24) is 20.6 Å². The highest BCUT2D eigenvalue weighted by Gasteiger charge is 2.49. The quantitative estimate of drug-likeness (QED) is 0.560. The minimum Gasteiger partial charge on any atom is -0.477 e. The van der Waals surface area contributed by atoms with E-state index in [4.69, 9.17) is 9.02 Å². The Kier molecular flexibility index (Phi) is 6.84. The number of aryl methyl sites for hydroxylation is 1. The van der Waals surface area contributed by atoms with Gasteiger partial charge in [0.25, 0.3) is 5.91 Å². The van der Waals surface area contributed by atoms with Crippen molar-refractivity contribution in [3.05, 3.63) is 11.8 Å². The number of nitrogens with zero attached hydrogens (tertiary/aromatic N) is 3. The molecule has 4 saturated carbocycles. The number of carbonyl (C=O) groups is 1. The molecule has 0 spiro atoms. The molecule has 2 heterocycles. The lowest BCUT2D eigenvalue weighted by Crippen LogP contribution is -2.42. The van der Waals surface area contributed by atoms with Gasteiger partial charge in [-0.05, 0) is 68.1 Å². The molecule has 3 bridgehead atoms. The predicted molar refractivity (Wildman–Crippen MR) is 132 cm³/mol. The Morgan fingerprint density at radius 1 is 1.14 bits per heavy atom. The third-order valence-electron chi connectivity index (χ3n) is 9.09. The highest BCUT2D eigenvalue weighted by Crippen LogP contribution is 2.53. The van der Waals surface area contributed by atoms with Crippen LogP contribution < -0.4 is 15.5 Å². The van der Waals surface area contributed by atoms with Gasteiger partial charge < -0.3 is 10.1 Å². The number of amides is 1. The minimum atomic E-state index is -1.68. The molecule has 6 unspecified atom stereocenters. The maximum absolute atomic E-state index is 13.6. The van der Waals surface area contributed by atoms with Crippen molar-refractivity contribution in [3.63, 3.8) is 0 Å². The molecule has 0 radical (unpaired) electrons. The molecule has 6 rings (SSSR count). The third kappa shape index (κ3) is 5.01. The van der Waals surface area contributed by atoms with E-state index < -0.39 is 11.3 Å². The first-order chi connectivity index (χ1) is 17.1. The largest absolute Gasteiger partial charge is 0.477 e. The average molecular weight is 504 g/mol. The van der Waals surface area contributed by atoms with E-state index in [1.807, 2.05) is 0 Å². The van der Waals surface area contributed by atoms with E-state index >= 15 is 0 Å². The Hall–Kier alpha value is -1.94. The van der Waals surface area contributed by atoms with Crippen LogP contribution in [0.3, 0.4) is 0 Å². The first-order valence-electron chi connectivity index (χ1n) is 13.6. The first-order valence-corrected chi connectivity index (χ1v) is 14.6. The zero-order chi connectivity index (χ0) is 23.8. The Bertz CT molecular complexity index is 991. The summed E-state index contributed by atoms with van der Waals surface area (Å²) in [5, 5.41) is 7.96. The molecule has 1 aliphatic heterocycles. The standard InChI is InChI=1S/C25H37N5O4S/c31-24(27-23-19-12-17-7-4-8-20(23)18(11-17)13-19)21-14-26-30(10-9-22-28-34-35(32)29-22)25(21)33-15-16-5-2-1-3-6-16/h14,16-20,23H,1-13,15H2,(H,27,31)(H,28,29). The normalized spacial score (nSPS) is 34.3. The highest BCUT2D eigenvalue weighted by atomic mass is 32.2. The van der Waals surface area contributed by atoms with Gasteiger partial charge in [0.1, 0.15) is 11.4 Å². The van der Waals surface area contributed by atoms with E-state index in [0.29, 0.717) is 54.6 Å². The minimum absolute atomic E-state index is 0.0599. The summed E-state index contributed by atoms with van der Waals surface area (Å²) in [6.45, 7) is 1.06. The van der Waals surface area contributed by atoms with Gasteiger partial charge in [-0.25, -0.2) is 14.4 Å². The fraction of sp³-hybridized carbons (Fsp3) is 0.800. The van der Waals surface area contributed by atoms with Crippen LogP contribution in [0, 0.1) is 29.6 Å². The maximum Gasteiger partial charge on any atom is 0.309 e. The lowest BCUT2D eigenvalue weighted by molar-refractivity contribution is 0.0900. The van der Waals surface area contributed by atoms with Gasteiger partial charge in [0, 0.05) is 12.5 Å². The van der Waals surface area contributed by atoms with E-state index in [1.165, 1.54) is 70.6 Å². The zero-order valence-electron chi connectivity index (χ0n) is 20.3. The number of nitrogens with one attached hydrogen (secondary N) is 2. The summed E-state index contributed by atoms with van der Waals surface area (Å²) in [6, 6.07) is 0.275. The molecule has 6 atom stereocenters. The average Bonchev–Trinajstić information content (AvgIpc) is 3.50. The predicted octanol–water partition coefficient (Wildman–Crippen LogP) is 3.69. The summed E-state index contributed by atoms with van der Waals surface area (Å²) in [6.07, 6.45) is 16.0. The van der Waals surface area contributed by atoms with Crippen molar-refractivity contribution < 1.29 is 18.0 Å². The van der Waals surface area contributed by atoms with E-state index in [0.717, 1.165) is 11.8 Å². The second-order valence-electron chi connectivity index (χ2n) is 11.3. The molecule has 192 valence electrons. The van der Waals surface area contributed by atoms with Gasteiger partial charge in [0.2, 0.25) is 5.88 Å². The van der Waals surface area contributed by atoms with Crippen molar-refractivity contribution in [2.45, 2.75) is 89.6 Å². The van der Waals surface area contributed by atoms with Crippen LogP contribution in [0.5, 0.6) is 5.88 Å². The smallest absolute Gasteiger partial charge is 0.309 e. The molecule has 4 aliphatic carbocycles. The molecule has 4 fully saturated rings. The number of carbonyl (C=O) groups excluding carboxylic acids is 1. The van der Waals surface area contributed by atoms with Gasteiger partial charge in [-0.15, -0.1) is 4.40 Å². The monoisotopic (exact) mass is 503 g/mol. The van der Waals surface area contributed by atoms with Crippen LogP contribution in [0.4, 0.5) is 0 Å². The molecular weight excluding hydrogens is 466 g/mol. The molecule has 2 N–H and O–H groups in total. The van der Waals surface area contributed by atoms with E-state index in [1.54, 1.807) is 10.9 Å². The highest BCUT2D eigenvalue weighted by molar-refractivity contribution is 7.79. The fourth-order valence-corrected chi connectivity index (χ4v) is 7.99. The Labute approximate surface area is 209 Å². The molecule has 1 aromatic heterocycles. The summed E-state index contributed by atoms with van der Waals surface area (Å²) < 4.78 is 28.1. The second kappa shape index (κ2) is 10.2. The number of rotatable bonds is 8. The van der Waals surface area contributed by atoms with Crippen LogP contribution in [-0.2, 0) is 22.1 Å². The number of fused-ring (bicyclic) bond motifs is 2.